The highest BCUT2D eigenvalue weighted by Crippen LogP contribution is 2.11. The van der Waals surface area contributed by atoms with E-state index >= 15 is 0 Å². The first-order valence-corrected chi connectivity index (χ1v) is 8.10. The molecule has 7 heteroatoms. The number of carbonyl (C=O) groups is 2. The third-order valence-corrected chi connectivity index (χ3v) is 3.59. The summed E-state index contributed by atoms with van der Waals surface area (Å²) < 4.78 is 1.95. The van der Waals surface area contributed by atoms with Crippen LogP contribution < -0.4 is 4.57 Å². The summed E-state index contributed by atoms with van der Waals surface area (Å²) in [6.07, 6.45) is 0.222. The molecule has 0 aromatic carbocycles. The van der Waals surface area contributed by atoms with E-state index in [4.69, 9.17) is 5.11 Å². The van der Waals surface area contributed by atoms with Crippen LogP contribution in [0.2, 0.25) is 0 Å². The molecular formula is C15H23N2O3S2+. The summed E-state index contributed by atoms with van der Waals surface area (Å²) in [4.78, 5) is 23.8. The maximum Gasteiger partial charge on any atom is 0.303 e. The van der Waals surface area contributed by atoms with Gasteiger partial charge in [-0.15, -0.1) is 0 Å². The molecule has 0 unspecified atom stereocenters. The Morgan fingerprint density at radius 3 is 2.23 bits per heavy atom. The molecule has 2 rings (SSSR count). The first kappa shape index (κ1) is 22.7. The number of hydrogen-bond donors (Lipinski definition) is 1. The first-order chi connectivity index (χ1) is 9.86. The van der Waals surface area contributed by atoms with Crippen LogP contribution in [0.25, 0.3) is 0 Å². The van der Waals surface area contributed by atoms with Gasteiger partial charge in [0.15, 0.2) is 17.2 Å². The number of carbonyl (C=O) groups excluding carboxylic acids is 1. The fourth-order valence-electron chi connectivity index (χ4n) is 0.991. The van der Waals surface area contributed by atoms with E-state index < -0.39 is 5.97 Å². The van der Waals surface area contributed by atoms with Crippen molar-refractivity contribution in [1.29, 1.82) is 0 Å². The van der Waals surface area contributed by atoms with Crippen molar-refractivity contribution in [3.63, 3.8) is 0 Å². The number of allylic oxidation sites excluding steroid dienone is 1. The molecule has 0 amide bonds. The Morgan fingerprint density at radius 1 is 1.41 bits per heavy atom. The summed E-state index contributed by atoms with van der Waals surface area (Å²) in [5.41, 5.74) is 6.88. The lowest BCUT2D eigenvalue weighted by molar-refractivity contribution is -0.685. The molecule has 0 radical (unpaired) electrons. The second kappa shape index (κ2) is 13.1. The maximum absolute atomic E-state index is 10.6. The molecule has 22 heavy (non-hydrogen) atoms. The van der Waals surface area contributed by atoms with Crippen LogP contribution in [-0.2, 0) is 16.1 Å². The number of rotatable bonds is 3. The van der Waals surface area contributed by atoms with Crippen molar-refractivity contribution in [2.45, 2.75) is 40.7 Å². The Morgan fingerprint density at radius 2 is 2.00 bits per heavy atom. The molecule has 1 N–H and O–H groups in total. The van der Waals surface area contributed by atoms with Gasteiger partial charge in [0.05, 0.1) is 5.38 Å². The quantitative estimate of drug-likeness (QED) is 0.675. The van der Waals surface area contributed by atoms with E-state index in [1.165, 1.54) is 11.8 Å². The summed E-state index contributed by atoms with van der Waals surface area (Å²) in [6, 6.07) is 0. The van der Waals surface area contributed by atoms with Gasteiger partial charge in [-0.05, 0) is 0 Å². The number of carboxylic acids is 1. The average molecular weight is 343 g/mol. The number of thioether (sulfide) groups is 1. The van der Waals surface area contributed by atoms with Gasteiger partial charge in [-0.2, -0.15) is 4.57 Å². The van der Waals surface area contributed by atoms with Crippen LogP contribution in [0.1, 0.15) is 32.9 Å². The Balaban J connectivity index is 0. The van der Waals surface area contributed by atoms with E-state index in [1.54, 1.807) is 25.2 Å². The molecule has 0 fully saturated rings. The number of ketones is 1. The number of aryl methyl sites for hydroxylation is 1. The third-order valence-electron chi connectivity index (χ3n) is 2.08. The van der Waals surface area contributed by atoms with Gasteiger partial charge < -0.3 is 12.5 Å². The number of hydrogen-bond acceptors (Lipinski definition) is 5. The topological polar surface area (TPSA) is 70.6 Å². The van der Waals surface area contributed by atoms with Crippen LogP contribution in [0.15, 0.2) is 27.0 Å². The Kier molecular flexibility index (Phi) is 13.6. The van der Waals surface area contributed by atoms with Gasteiger partial charge in [-0.3, -0.25) is 9.59 Å². The van der Waals surface area contributed by atoms with Crippen molar-refractivity contribution in [2.24, 2.45) is 4.99 Å². The van der Waals surface area contributed by atoms with Crippen molar-refractivity contribution in [1.82, 2.24) is 0 Å². The van der Waals surface area contributed by atoms with Crippen LogP contribution in [0.5, 0.6) is 0 Å². The van der Waals surface area contributed by atoms with Crippen molar-refractivity contribution in [3.8, 4) is 0 Å². The molecule has 1 aromatic heterocycles. The smallest absolute Gasteiger partial charge is 0.303 e. The van der Waals surface area contributed by atoms with E-state index in [1.807, 2.05) is 34.7 Å². The Bertz CT molecular complexity index is 520. The van der Waals surface area contributed by atoms with Crippen LogP contribution >= 0.6 is 23.1 Å². The number of thiazole rings is 1. The van der Waals surface area contributed by atoms with E-state index in [0.29, 0.717) is 6.54 Å². The predicted molar refractivity (Wildman–Crippen MR) is 93.1 cm³/mol. The molecule has 1 aliphatic rings. The second-order valence-corrected chi connectivity index (χ2v) is 5.53. The third kappa shape index (κ3) is 12.2. The van der Waals surface area contributed by atoms with Gasteiger partial charge in [0.25, 0.3) is 5.55 Å². The summed E-state index contributed by atoms with van der Waals surface area (Å²) in [5, 5.41) is 11.7. The number of Topliss-reactive ketones (excluding diaryl/α,β-unsaturated/α-hetero) is 1. The molecule has 0 aliphatic carbocycles. The Labute approximate surface area is 140 Å². The fraction of sp³-hybridized carbons (Fsp3) is 0.400. The highest BCUT2D eigenvalue weighted by Gasteiger charge is 2.08. The maximum atomic E-state index is 10.6. The van der Waals surface area contributed by atoms with Crippen LogP contribution in [0, 0.1) is 14.4 Å². The summed E-state index contributed by atoms with van der Waals surface area (Å²) in [7, 11) is 0. The van der Waals surface area contributed by atoms with Crippen molar-refractivity contribution in [3.05, 3.63) is 35.1 Å². The van der Waals surface area contributed by atoms with Crippen molar-refractivity contribution in [2.75, 3.05) is 0 Å². The van der Waals surface area contributed by atoms with Crippen molar-refractivity contribution >= 4 is 40.4 Å². The molecule has 5 nitrogen and oxygen atoms in total. The average Bonchev–Trinajstić information content (AvgIpc) is 3.03. The van der Waals surface area contributed by atoms with Gasteiger partial charge in [0.2, 0.25) is 12.1 Å². The lowest BCUT2D eigenvalue weighted by atomic mass is 10.4. The zero-order valence-corrected chi connectivity index (χ0v) is 15.3. The largest absolute Gasteiger partial charge is 0.481 e. The number of carboxylic acid groups (broad SMARTS) is 1. The van der Waals surface area contributed by atoms with Crippen LogP contribution in [0.3, 0.4) is 0 Å². The minimum absolute atomic E-state index is 0. The molecule has 1 aliphatic heterocycles. The number of aromatic nitrogens is 1. The highest BCUT2D eigenvalue weighted by atomic mass is 32.2. The summed E-state index contributed by atoms with van der Waals surface area (Å²) in [6.45, 7) is 7.66. The van der Waals surface area contributed by atoms with Crippen LogP contribution in [0.4, 0.5) is 0 Å². The minimum atomic E-state index is -0.745. The van der Waals surface area contributed by atoms with E-state index in [2.05, 4.69) is 10.5 Å². The van der Waals surface area contributed by atoms with Gasteiger partial charge in [-0.1, -0.05) is 18.3 Å². The molecule has 1 aromatic rings. The fourth-order valence-corrected chi connectivity index (χ4v) is 2.24. The van der Waals surface area contributed by atoms with Gasteiger partial charge in [-0.25, -0.2) is 0 Å². The van der Waals surface area contributed by atoms with Gasteiger partial charge >= 0.3 is 5.97 Å². The summed E-state index contributed by atoms with van der Waals surface area (Å²) in [5.74, 6) is -0.545. The number of nitrogens with zero attached hydrogens (tertiary/aromatic N) is 2. The van der Waals surface area contributed by atoms with Gasteiger partial charge in [0, 0.05) is 32.2 Å². The first-order valence-electron chi connectivity index (χ1n) is 6.28. The van der Waals surface area contributed by atoms with E-state index in [0.717, 1.165) is 11.4 Å². The SMILES string of the molecule is CC(=O)C[n+]1cscc1C.CC1=CS[C+]=N1.CCC(=O)O.[CH3-]. The highest BCUT2D eigenvalue weighted by molar-refractivity contribution is 8.14. The zero-order valence-electron chi connectivity index (χ0n) is 13.6. The molecule has 0 spiro atoms. The lowest BCUT2D eigenvalue weighted by Gasteiger charge is -1.87. The lowest BCUT2D eigenvalue weighted by Crippen LogP contribution is -2.37. The standard InChI is InChI=1S/C7H10NOS.C4H4NS.C3H6O2.CH3/c1-6-4-10-5-8(6)3-7(2)9;1-4-2-6-3-5-4;1-2-3(4)5;/h4-5H,3H2,1-2H3;2H,1H3;2H2,1H3,(H,4,5);1H3/q2*+1;;-1. The molecule has 2 heterocycles. The molecule has 0 saturated carbocycles. The molecule has 122 valence electrons. The molecule has 0 bridgehead atoms. The monoisotopic (exact) mass is 343 g/mol. The predicted octanol–water partition coefficient (Wildman–Crippen LogP) is 3.36. The number of aliphatic carboxylic acids is 1. The van der Waals surface area contributed by atoms with Crippen LogP contribution in [-0.4, -0.2) is 22.4 Å². The van der Waals surface area contributed by atoms with E-state index in [-0.39, 0.29) is 19.6 Å². The minimum Gasteiger partial charge on any atom is -0.481 e. The zero-order chi connectivity index (χ0) is 16.3. The van der Waals surface area contributed by atoms with E-state index in [9.17, 15) is 9.59 Å². The van der Waals surface area contributed by atoms with Crippen molar-refractivity contribution < 1.29 is 19.3 Å². The number of aliphatic imine (C=N–C) groups is 1. The molecular weight excluding hydrogens is 320 g/mol. The normalized spacial score (nSPS) is 10.8. The second-order valence-electron chi connectivity index (χ2n) is 4.16. The molecule has 0 atom stereocenters. The Hall–Kier alpha value is -1.56. The summed E-state index contributed by atoms with van der Waals surface area (Å²) >= 11 is 3.12. The van der Waals surface area contributed by atoms with Gasteiger partial charge in [0.1, 0.15) is 17.2 Å². The molecule has 0 saturated heterocycles.